The molecule has 0 fully saturated rings. The van der Waals surface area contributed by atoms with Gasteiger partial charge in [-0.3, -0.25) is 10.3 Å². The summed E-state index contributed by atoms with van der Waals surface area (Å²) < 4.78 is 0. The molecule has 0 saturated heterocycles. The highest BCUT2D eigenvalue weighted by Crippen LogP contribution is 1.80. The summed E-state index contributed by atoms with van der Waals surface area (Å²) in [6.45, 7) is 0.489. The van der Waals surface area contributed by atoms with Crippen LogP contribution in [0.25, 0.3) is 0 Å². The predicted molar refractivity (Wildman–Crippen MR) is 37.1 cm³/mol. The van der Waals surface area contributed by atoms with Crippen molar-refractivity contribution in [1.82, 2.24) is 5.32 Å². The molecule has 0 aliphatic heterocycles. The molecule has 3 nitrogen and oxygen atoms in total. The third-order valence-corrected chi connectivity index (χ3v) is 0.855. The first-order chi connectivity index (χ1) is 3.91. The zero-order valence-electron chi connectivity index (χ0n) is 4.79. The molecule has 0 aromatic rings. The Hall–Kier alpha value is -0.0600. The van der Waals surface area contributed by atoms with Gasteiger partial charge in [0, 0.05) is 0 Å². The number of aliphatic hydroxyl groups is 1. The summed E-state index contributed by atoms with van der Waals surface area (Å²) in [6, 6.07) is 0. The van der Waals surface area contributed by atoms with E-state index in [1.54, 1.807) is 5.55 Å². The van der Waals surface area contributed by atoms with Gasteiger partial charge >= 0.3 is 0 Å². The molecule has 0 rings (SSSR count). The quantitative estimate of drug-likeness (QED) is 0.244. The Morgan fingerprint density at radius 2 is 2.62 bits per heavy atom. The van der Waals surface area contributed by atoms with Crippen molar-refractivity contribution in [3.63, 3.8) is 0 Å². The van der Waals surface area contributed by atoms with Gasteiger partial charge in [-0.25, -0.2) is 0 Å². The number of aliphatic hydroxyl groups excluding tert-OH is 1. The van der Waals surface area contributed by atoms with Crippen molar-refractivity contribution in [3.05, 3.63) is 0 Å². The van der Waals surface area contributed by atoms with Crippen LogP contribution in [-0.2, 0) is 0 Å². The van der Waals surface area contributed by atoms with E-state index in [4.69, 9.17) is 5.11 Å². The van der Waals surface area contributed by atoms with Gasteiger partial charge < -0.3 is 5.11 Å². The molecule has 0 aromatic heterocycles. The number of thioether (sulfide) groups is 1. The van der Waals surface area contributed by atoms with Crippen LogP contribution in [-0.4, -0.2) is 30.3 Å². The Morgan fingerprint density at radius 1 is 1.88 bits per heavy atom. The number of hydrogen-bond donors (Lipinski definition) is 2. The molecule has 0 unspecified atom stereocenters. The lowest BCUT2D eigenvalue weighted by atomic mass is 11.0. The fourth-order valence-electron chi connectivity index (χ4n) is 0.226. The monoisotopic (exact) mass is 134 g/mol. The summed E-state index contributed by atoms with van der Waals surface area (Å²) in [5, 5.41) is 10.8. The van der Waals surface area contributed by atoms with Crippen LogP contribution in [0.1, 0.15) is 0 Å². The number of nitrogens with zero attached hydrogens (tertiary/aromatic N) is 1. The molecule has 8 heavy (non-hydrogen) atoms. The average Bonchev–Trinajstić information content (AvgIpc) is 1.81. The largest absolute Gasteiger partial charge is 0.381 e. The minimum absolute atomic E-state index is 0.00821. The highest BCUT2D eigenvalue weighted by Gasteiger charge is 1.71. The first kappa shape index (κ1) is 7.94. The van der Waals surface area contributed by atoms with E-state index in [9.17, 15) is 0 Å². The van der Waals surface area contributed by atoms with Crippen LogP contribution in [0.3, 0.4) is 0 Å². The summed E-state index contributed by atoms with van der Waals surface area (Å²) in [5.74, 6) is 0. The lowest BCUT2D eigenvalue weighted by Crippen LogP contribution is -2.13. The SMILES string of the molecule is CSC=NCNCO. The van der Waals surface area contributed by atoms with Gasteiger partial charge in [-0.2, -0.15) is 0 Å². The molecular formula is C4H10N2OS. The summed E-state index contributed by atoms with van der Waals surface area (Å²) in [7, 11) is 0. The fourth-order valence-corrected chi connectivity index (χ4v) is 0.450. The Morgan fingerprint density at radius 3 is 3.12 bits per heavy atom. The Balaban J connectivity index is 2.80. The van der Waals surface area contributed by atoms with Gasteiger partial charge in [0.1, 0.15) is 0 Å². The number of rotatable bonds is 4. The van der Waals surface area contributed by atoms with E-state index in [-0.39, 0.29) is 6.73 Å². The second kappa shape index (κ2) is 6.94. The maximum atomic E-state index is 8.17. The highest BCUT2D eigenvalue weighted by atomic mass is 32.2. The molecule has 0 spiro atoms. The summed E-state index contributed by atoms with van der Waals surface area (Å²) >= 11 is 1.54. The molecule has 48 valence electrons. The molecule has 0 aromatic carbocycles. The maximum Gasteiger partial charge on any atom is 0.0945 e. The van der Waals surface area contributed by atoms with Crippen molar-refractivity contribution in [2.75, 3.05) is 19.7 Å². The second-order valence-corrected chi connectivity index (χ2v) is 1.77. The summed E-state index contributed by atoms with van der Waals surface area (Å²) in [5.41, 5.74) is 1.72. The van der Waals surface area contributed by atoms with Crippen LogP contribution in [0, 0.1) is 0 Å². The Bertz CT molecular complexity index is 67.1. The van der Waals surface area contributed by atoms with Crippen molar-refractivity contribution in [2.24, 2.45) is 4.99 Å². The topological polar surface area (TPSA) is 44.6 Å². The zero-order valence-corrected chi connectivity index (χ0v) is 5.61. The molecule has 4 heteroatoms. The zero-order chi connectivity index (χ0) is 6.24. The van der Waals surface area contributed by atoms with Crippen LogP contribution in [0.4, 0.5) is 0 Å². The van der Waals surface area contributed by atoms with Crippen LogP contribution < -0.4 is 5.32 Å². The Kier molecular flexibility index (Phi) is 6.89. The molecule has 0 atom stereocenters. The fraction of sp³-hybridized carbons (Fsp3) is 0.750. The van der Waals surface area contributed by atoms with Crippen LogP contribution >= 0.6 is 11.8 Å². The maximum absolute atomic E-state index is 8.17. The van der Waals surface area contributed by atoms with Crippen molar-refractivity contribution in [3.8, 4) is 0 Å². The lowest BCUT2D eigenvalue weighted by Gasteiger charge is -1.90. The molecule has 0 aliphatic carbocycles. The minimum atomic E-state index is -0.00821. The van der Waals surface area contributed by atoms with E-state index >= 15 is 0 Å². The molecule has 0 heterocycles. The average molecular weight is 134 g/mol. The van der Waals surface area contributed by atoms with Gasteiger partial charge in [0.2, 0.25) is 0 Å². The van der Waals surface area contributed by atoms with Gasteiger partial charge in [-0.1, -0.05) is 0 Å². The van der Waals surface area contributed by atoms with Gasteiger partial charge in [0.15, 0.2) is 0 Å². The van der Waals surface area contributed by atoms with E-state index in [1.165, 1.54) is 11.8 Å². The minimum Gasteiger partial charge on any atom is -0.381 e. The predicted octanol–water partition coefficient (Wildman–Crippen LogP) is -0.125. The molecule has 0 saturated carbocycles. The van der Waals surface area contributed by atoms with Gasteiger partial charge in [0.05, 0.1) is 18.9 Å². The van der Waals surface area contributed by atoms with Gasteiger partial charge in [-0.05, 0) is 6.26 Å². The highest BCUT2D eigenvalue weighted by molar-refractivity contribution is 8.11. The molecule has 0 bridgehead atoms. The van der Waals surface area contributed by atoms with Gasteiger partial charge in [0.25, 0.3) is 0 Å². The standard InChI is InChI=1S/C4H10N2OS/c1-8-4-6-2-5-3-7/h4-5,7H,2-3H2,1H3. The van der Waals surface area contributed by atoms with Crippen molar-refractivity contribution in [2.45, 2.75) is 0 Å². The first-order valence-electron chi connectivity index (χ1n) is 2.24. The van der Waals surface area contributed by atoms with E-state index in [0.717, 1.165) is 0 Å². The number of nitrogens with one attached hydrogen (secondary N) is 1. The van der Waals surface area contributed by atoms with Crippen LogP contribution in [0.15, 0.2) is 4.99 Å². The van der Waals surface area contributed by atoms with E-state index in [0.29, 0.717) is 6.67 Å². The number of hydrogen-bond acceptors (Lipinski definition) is 4. The lowest BCUT2D eigenvalue weighted by molar-refractivity contribution is 0.263. The summed E-state index contributed by atoms with van der Waals surface area (Å²) in [6.07, 6.45) is 1.93. The third-order valence-electron chi connectivity index (χ3n) is 0.495. The van der Waals surface area contributed by atoms with Crippen LogP contribution in [0.2, 0.25) is 0 Å². The van der Waals surface area contributed by atoms with E-state index in [1.807, 2.05) is 6.26 Å². The van der Waals surface area contributed by atoms with Crippen molar-refractivity contribution < 1.29 is 5.11 Å². The molecule has 2 N–H and O–H groups in total. The van der Waals surface area contributed by atoms with Gasteiger partial charge in [-0.15, -0.1) is 11.8 Å². The first-order valence-corrected chi connectivity index (χ1v) is 3.53. The van der Waals surface area contributed by atoms with Crippen molar-refractivity contribution >= 4 is 17.3 Å². The summed E-state index contributed by atoms with van der Waals surface area (Å²) in [4.78, 5) is 3.85. The van der Waals surface area contributed by atoms with E-state index < -0.39 is 0 Å². The Labute approximate surface area is 53.2 Å². The smallest absolute Gasteiger partial charge is 0.0945 e. The normalized spacial score (nSPS) is 10.8. The van der Waals surface area contributed by atoms with E-state index in [2.05, 4.69) is 10.3 Å². The van der Waals surface area contributed by atoms with Crippen molar-refractivity contribution in [1.29, 1.82) is 0 Å². The number of aliphatic imine (C=N–C) groups is 1. The van der Waals surface area contributed by atoms with Crippen LogP contribution in [0.5, 0.6) is 0 Å². The second-order valence-electron chi connectivity index (χ2n) is 1.09. The molecular weight excluding hydrogens is 124 g/mol. The third kappa shape index (κ3) is 5.94. The molecule has 0 amide bonds. The molecule has 0 radical (unpaired) electrons. The molecule has 0 aliphatic rings.